The Balaban J connectivity index is 1.73. The van der Waals surface area contributed by atoms with Crippen molar-refractivity contribution in [2.75, 3.05) is 26.7 Å². The van der Waals surface area contributed by atoms with Crippen molar-refractivity contribution < 1.29 is 33.4 Å². The number of ether oxygens (including phenoxy) is 2. The summed E-state index contributed by atoms with van der Waals surface area (Å²) in [6.45, 7) is 6.73. The fourth-order valence-electron chi connectivity index (χ4n) is 7.93. The van der Waals surface area contributed by atoms with Gasteiger partial charge in [-0.3, -0.25) is 9.59 Å². The van der Waals surface area contributed by atoms with Gasteiger partial charge in [-0.1, -0.05) is 31.6 Å². The Morgan fingerprint density at radius 1 is 1.28 bits per heavy atom. The van der Waals surface area contributed by atoms with Crippen LogP contribution in [0.3, 0.4) is 0 Å². The van der Waals surface area contributed by atoms with E-state index in [2.05, 4.69) is 5.32 Å². The highest BCUT2D eigenvalue weighted by Gasteiger charge is 2.77. The van der Waals surface area contributed by atoms with Crippen molar-refractivity contribution in [2.24, 2.45) is 34.3 Å². The average Bonchev–Trinajstić information content (AvgIpc) is 3.04. The Hall–Kier alpha value is -2.10. The van der Waals surface area contributed by atoms with Gasteiger partial charge in [0.2, 0.25) is 5.60 Å². The van der Waals surface area contributed by atoms with E-state index in [1.807, 2.05) is 19.9 Å². The van der Waals surface area contributed by atoms with Crippen LogP contribution < -0.4 is 11.1 Å². The van der Waals surface area contributed by atoms with Crippen molar-refractivity contribution >= 4 is 17.7 Å². The van der Waals surface area contributed by atoms with Gasteiger partial charge in [0.1, 0.15) is 0 Å². The third-order valence-electron chi connectivity index (χ3n) is 9.73. The number of methoxy groups -OCH3 is 1. The Morgan fingerprint density at radius 2 is 2.00 bits per heavy atom. The molecular weight excluding hydrogens is 467 g/mol. The van der Waals surface area contributed by atoms with Crippen LogP contribution in [0.4, 0.5) is 4.39 Å². The average molecular weight is 507 g/mol. The zero-order valence-electron chi connectivity index (χ0n) is 21.6. The molecule has 0 aromatic carbocycles. The number of carbonyl (C=O) groups excluding carboxylic acids is 3. The van der Waals surface area contributed by atoms with Gasteiger partial charge < -0.3 is 25.6 Å². The second kappa shape index (κ2) is 9.33. The maximum atomic E-state index is 17.3. The molecule has 8 nitrogen and oxygen atoms in total. The molecule has 2 fully saturated rings. The molecule has 0 spiro atoms. The number of halogens is 1. The lowest BCUT2D eigenvalue weighted by atomic mass is 9.45. The van der Waals surface area contributed by atoms with Crippen LogP contribution >= 0.6 is 0 Å². The number of esters is 2. The lowest BCUT2D eigenvalue weighted by molar-refractivity contribution is -0.232. The molecule has 0 aromatic heterocycles. The maximum absolute atomic E-state index is 17.3. The first-order valence-corrected chi connectivity index (χ1v) is 12.9. The van der Waals surface area contributed by atoms with E-state index in [1.54, 1.807) is 13.0 Å². The predicted octanol–water partition coefficient (Wildman–Crippen LogP) is 2.00. The van der Waals surface area contributed by atoms with Gasteiger partial charge in [-0.15, -0.1) is 0 Å². The fourth-order valence-corrected chi connectivity index (χ4v) is 7.93. The molecule has 2 unspecified atom stereocenters. The van der Waals surface area contributed by atoms with Crippen LogP contribution in [0.25, 0.3) is 0 Å². The fraction of sp³-hybridized carbons (Fsp3) is 0.741. The third kappa shape index (κ3) is 3.53. The quantitative estimate of drug-likeness (QED) is 0.272. The Labute approximate surface area is 211 Å². The summed E-state index contributed by atoms with van der Waals surface area (Å²) in [5.74, 6) is -2.75. The number of hydrogen-bond acceptors (Lipinski definition) is 8. The van der Waals surface area contributed by atoms with Crippen molar-refractivity contribution in [3.63, 3.8) is 0 Å². The summed E-state index contributed by atoms with van der Waals surface area (Å²) >= 11 is 0. The van der Waals surface area contributed by atoms with Crippen molar-refractivity contribution in [2.45, 2.75) is 70.2 Å². The third-order valence-corrected chi connectivity index (χ3v) is 9.73. The molecule has 9 heteroatoms. The number of hydrogen-bond donors (Lipinski definition) is 3. The molecular formula is C27H39FN2O6. The molecule has 0 saturated heterocycles. The van der Waals surface area contributed by atoms with E-state index in [4.69, 9.17) is 15.2 Å². The summed E-state index contributed by atoms with van der Waals surface area (Å²) in [7, 11) is 1.25. The molecule has 0 bridgehead atoms. The van der Waals surface area contributed by atoms with E-state index in [-0.39, 0.29) is 31.0 Å². The molecule has 8 atom stereocenters. The van der Waals surface area contributed by atoms with Crippen LogP contribution in [-0.4, -0.2) is 66.9 Å². The molecule has 2 saturated carbocycles. The summed E-state index contributed by atoms with van der Waals surface area (Å²) in [4.78, 5) is 38.4. The molecule has 4 rings (SSSR count). The molecule has 4 aliphatic rings. The highest BCUT2D eigenvalue weighted by molar-refractivity contribution is 5.93. The molecule has 4 aliphatic carbocycles. The normalized spacial score (nSPS) is 43.2. The lowest BCUT2D eigenvalue weighted by Gasteiger charge is -2.62. The van der Waals surface area contributed by atoms with Crippen molar-refractivity contribution in [3.05, 3.63) is 23.8 Å². The van der Waals surface area contributed by atoms with E-state index < -0.39 is 52.0 Å². The number of rotatable bonds is 7. The van der Waals surface area contributed by atoms with Gasteiger partial charge in [0, 0.05) is 48.7 Å². The van der Waals surface area contributed by atoms with E-state index in [0.717, 1.165) is 0 Å². The van der Waals surface area contributed by atoms with Gasteiger partial charge in [-0.2, -0.15) is 0 Å². The molecule has 200 valence electrons. The van der Waals surface area contributed by atoms with Crippen LogP contribution in [0.15, 0.2) is 23.8 Å². The predicted molar refractivity (Wildman–Crippen MR) is 130 cm³/mol. The van der Waals surface area contributed by atoms with Gasteiger partial charge in [0.05, 0.1) is 19.6 Å². The molecule has 0 amide bonds. The number of fused-ring (bicyclic) bond motifs is 5. The van der Waals surface area contributed by atoms with Crippen molar-refractivity contribution in [3.8, 4) is 0 Å². The molecule has 36 heavy (non-hydrogen) atoms. The number of aliphatic hydroxyl groups excluding tert-OH is 1. The van der Waals surface area contributed by atoms with Gasteiger partial charge in [-0.05, 0) is 38.2 Å². The number of carbonyl (C=O) groups is 3. The highest BCUT2D eigenvalue weighted by atomic mass is 19.1. The zero-order chi connectivity index (χ0) is 26.5. The molecule has 0 radical (unpaired) electrons. The number of ketones is 1. The smallest absolute Gasteiger partial charge is 0.351 e. The first kappa shape index (κ1) is 26.9. The second-order valence-electron chi connectivity index (χ2n) is 11.4. The summed E-state index contributed by atoms with van der Waals surface area (Å²) in [5, 5.41) is 14.6. The minimum atomic E-state index is -2.03. The molecule has 0 aliphatic heterocycles. The van der Waals surface area contributed by atoms with Gasteiger partial charge in [0.25, 0.3) is 0 Å². The Bertz CT molecular complexity index is 999. The summed E-state index contributed by atoms with van der Waals surface area (Å²) in [5.41, 5.74) is 0.320. The van der Waals surface area contributed by atoms with E-state index in [1.165, 1.54) is 13.2 Å². The Morgan fingerprint density at radius 3 is 2.67 bits per heavy atom. The van der Waals surface area contributed by atoms with Gasteiger partial charge in [-0.25, -0.2) is 9.18 Å². The first-order chi connectivity index (χ1) is 16.9. The van der Waals surface area contributed by atoms with Crippen molar-refractivity contribution in [1.82, 2.24) is 5.32 Å². The maximum Gasteiger partial charge on any atom is 0.351 e. The van der Waals surface area contributed by atoms with Crippen LogP contribution in [0, 0.1) is 28.6 Å². The highest BCUT2D eigenvalue weighted by Crippen LogP contribution is 2.71. The zero-order valence-corrected chi connectivity index (χ0v) is 21.6. The number of aliphatic hydroxyl groups is 1. The molecule has 4 N–H and O–H groups in total. The van der Waals surface area contributed by atoms with Crippen LogP contribution in [-0.2, 0) is 23.9 Å². The van der Waals surface area contributed by atoms with Gasteiger partial charge in [0.15, 0.2) is 11.5 Å². The van der Waals surface area contributed by atoms with Crippen LogP contribution in [0.5, 0.6) is 0 Å². The first-order valence-electron chi connectivity index (χ1n) is 12.9. The Kier molecular flexibility index (Phi) is 6.98. The number of nitrogens with two attached hydrogens (primary N) is 1. The summed E-state index contributed by atoms with van der Waals surface area (Å²) in [6.07, 6.45) is 4.38. The topological polar surface area (TPSA) is 128 Å². The van der Waals surface area contributed by atoms with Crippen molar-refractivity contribution in [1.29, 1.82) is 0 Å². The number of nitrogens with one attached hydrogen (secondary N) is 1. The van der Waals surface area contributed by atoms with E-state index in [0.29, 0.717) is 38.0 Å². The standard InChI is InChI=1S/C27H39FN2O6/c1-16-13-20-19-6-5-17-14-18(31)7-9-24(17,2)26(19,28)21(32)15-25(20,3)27(16,23(34)35-4)36-22(33)8-11-30-12-10-29/h5,7,9,16,19-21,30,32H,6,8,10-15,29H2,1-4H3/t16-,19?,20?,21+,24+,25+,26+,27+/m1/s1. The number of alkyl halides is 1. The molecule has 0 heterocycles. The van der Waals surface area contributed by atoms with Crippen LogP contribution in [0.1, 0.15) is 52.9 Å². The number of allylic oxidation sites excluding steroid dienone is 4. The summed E-state index contributed by atoms with van der Waals surface area (Å²) in [6, 6.07) is 0. The van der Waals surface area contributed by atoms with E-state index in [9.17, 15) is 19.5 Å². The monoisotopic (exact) mass is 506 g/mol. The van der Waals surface area contributed by atoms with Gasteiger partial charge >= 0.3 is 11.9 Å². The SMILES string of the molecule is COC(=O)[C@@]1(OC(=O)CCNCCN)[C@H](C)CC2C3CC=C4CC(=O)C=C[C@]4(C)[C@@]3(F)[C@@H](O)C[C@@]21C. The minimum absolute atomic E-state index is 0.0359. The second-order valence-corrected chi connectivity index (χ2v) is 11.4. The van der Waals surface area contributed by atoms with E-state index >= 15 is 4.39 Å². The lowest BCUT2D eigenvalue weighted by Crippen LogP contribution is -2.69. The molecule has 0 aromatic rings. The largest absolute Gasteiger partial charge is 0.466 e. The minimum Gasteiger partial charge on any atom is -0.466 e. The van der Waals surface area contributed by atoms with Crippen LogP contribution in [0.2, 0.25) is 0 Å². The summed E-state index contributed by atoms with van der Waals surface area (Å²) < 4.78 is 28.6.